The van der Waals surface area contributed by atoms with Crippen LogP contribution in [0.15, 0.2) is 97.1 Å². The highest BCUT2D eigenvalue weighted by atomic mass is 35.5. The molecule has 3 aromatic carbocycles. The molecule has 4 atom stereocenters. The lowest BCUT2D eigenvalue weighted by Crippen LogP contribution is -2.60. The molecule has 2 spiro atoms. The summed E-state index contributed by atoms with van der Waals surface area (Å²) >= 11 is 12.6. The maximum atomic E-state index is 15.9. The Bertz CT molecular complexity index is 2160. The SMILES string of the molecule is C=C/C=C(C=O)\C=C/C.CCN.CNC1CCC(=O)NC1=O.O=Cc1ccc(NC(=O)C2NC3(CCCCC3)C3(C(=O)Nc4cc(Cl)ccc43)C2c2cccc(Cl)c2F)cc1. The van der Waals surface area contributed by atoms with Crippen molar-refractivity contribution in [3.05, 3.63) is 130 Å². The molecule has 12 nitrogen and oxygen atoms in total. The van der Waals surface area contributed by atoms with Crippen molar-refractivity contribution in [2.75, 3.05) is 24.2 Å². The third-order valence-corrected chi connectivity index (χ3v) is 11.5. The number of nitrogens with two attached hydrogens (primary N) is 1. The van der Waals surface area contributed by atoms with Crippen LogP contribution in [0.5, 0.6) is 0 Å². The number of carbonyl (C=O) groups is 6. The number of hydrogen-bond acceptors (Lipinski definition) is 9. The predicted octanol–water partition coefficient (Wildman–Crippen LogP) is 7.08. The summed E-state index contributed by atoms with van der Waals surface area (Å²) in [5, 5.41) is 15.0. The van der Waals surface area contributed by atoms with E-state index in [1.807, 2.05) is 26.0 Å². The standard InChI is InChI=1S/C30H26Cl2FN3O3.C8H10O.C6H10N2O2.C2H7N/c31-18-9-12-21-23(15-18)35-28(39)30(21)24(20-5-4-6-22(32)25(20)33)26(36-29(30)13-2-1-3-14-29)27(38)34-19-10-7-17(16-37)8-11-19;1-3-5-8(7-9)6-4-2;1-7-4-2-3-5(9)8-6(4)10;1-2-3/h4-12,15-16,24,26,36H,1-3,13-14H2,(H,34,38)(H,35,39);3-7H,1H2,2H3;4,7H,2-3H2,1H3,(H,8,9,10);2-3H2,1H3/b;6-4-,8-5+;;. The average molecular weight is 876 g/mol. The number of halogens is 3. The molecule has 0 radical (unpaired) electrons. The fourth-order valence-corrected chi connectivity index (χ4v) is 8.87. The summed E-state index contributed by atoms with van der Waals surface area (Å²) < 4.78 is 15.9. The van der Waals surface area contributed by atoms with Gasteiger partial charge in [0.25, 0.3) is 0 Å². The van der Waals surface area contributed by atoms with Crippen molar-refractivity contribution >= 4 is 70.8 Å². The molecule has 0 aromatic heterocycles. The third kappa shape index (κ3) is 10.8. The first kappa shape index (κ1) is 48.4. The zero-order valence-corrected chi connectivity index (χ0v) is 36.0. The van der Waals surface area contributed by atoms with Crippen LogP contribution in [0.4, 0.5) is 15.8 Å². The molecule has 7 N–H and O–H groups in total. The molecule has 3 fully saturated rings. The number of rotatable bonds is 8. The molecular weight excluding hydrogens is 822 g/mol. The summed E-state index contributed by atoms with van der Waals surface area (Å²) in [6.45, 7) is 7.98. The van der Waals surface area contributed by atoms with Gasteiger partial charge >= 0.3 is 0 Å². The second-order valence-electron chi connectivity index (χ2n) is 14.8. The average Bonchev–Trinajstić information content (AvgIpc) is 3.70. The molecule has 4 aliphatic rings. The third-order valence-electron chi connectivity index (χ3n) is 11.0. The summed E-state index contributed by atoms with van der Waals surface area (Å²) in [4.78, 5) is 71.0. The van der Waals surface area contributed by atoms with Crippen LogP contribution < -0.4 is 32.3 Å². The number of piperidine rings is 1. The zero-order valence-electron chi connectivity index (χ0n) is 34.5. The van der Waals surface area contributed by atoms with Crippen molar-refractivity contribution < 1.29 is 33.2 Å². The zero-order chi connectivity index (χ0) is 44.7. The Balaban J connectivity index is 0.000000305. The summed E-state index contributed by atoms with van der Waals surface area (Å²) in [7, 11) is 1.71. The van der Waals surface area contributed by atoms with E-state index < -0.39 is 34.6 Å². The van der Waals surface area contributed by atoms with Crippen LogP contribution in [0.2, 0.25) is 10.0 Å². The highest BCUT2D eigenvalue weighted by molar-refractivity contribution is 6.31. The van der Waals surface area contributed by atoms with Crippen molar-refractivity contribution in [1.82, 2.24) is 16.0 Å². The van der Waals surface area contributed by atoms with Crippen molar-refractivity contribution in [3.8, 4) is 0 Å². The minimum Gasteiger partial charge on any atom is -0.331 e. The number of allylic oxidation sites excluding steroid dienone is 5. The summed E-state index contributed by atoms with van der Waals surface area (Å²) in [5.74, 6) is -2.64. The van der Waals surface area contributed by atoms with E-state index in [1.165, 1.54) is 6.07 Å². The van der Waals surface area contributed by atoms with Crippen molar-refractivity contribution in [2.24, 2.45) is 5.73 Å². The van der Waals surface area contributed by atoms with Crippen LogP contribution in [0.3, 0.4) is 0 Å². The lowest BCUT2D eigenvalue weighted by molar-refractivity contribution is -0.134. The van der Waals surface area contributed by atoms with E-state index in [2.05, 4.69) is 33.2 Å². The number of anilines is 2. The number of hydrogen-bond donors (Lipinski definition) is 6. The molecule has 2 saturated heterocycles. The minimum absolute atomic E-state index is 0.0782. The van der Waals surface area contributed by atoms with Crippen LogP contribution in [0.25, 0.3) is 0 Å². The van der Waals surface area contributed by atoms with Gasteiger partial charge in [-0.3, -0.25) is 39.4 Å². The summed E-state index contributed by atoms with van der Waals surface area (Å²) in [6.07, 6.45) is 13.4. The molecule has 3 aliphatic heterocycles. The number of carbonyl (C=O) groups excluding carboxylic acids is 6. The lowest BCUT2D eigenvalue weighted by Gasteiger charge is -2.47. The molecule has 0 bridgehead atoms. The van der Waals surface area contributed by atoms with Gasteiger partial charge in [0.1, 0.15) is 23.8 Å². The molecule has 15 heteroatoms. The van der Waals surface area contributed by atoms with Crippen LogP contribution in [-0.2, 0) is 29.4 Å². The van der Waals surface area contributed by atoms with Crippen LogP contribution in [0, 0.1) is 5.82 Å². The molecule has 324 valence electrons. The van der Waals surface area contributed by atoms with Crippen LogP contribution in [0.1, 0.15) is 86.2 Å². The van der Waals surface area contributed by atoms with Gasteiger partial charge in [0.05, 0.1) is 17.1 Å². The first-order valence-corrected chi connectivity index (χ1v) is 20.9. The van der Waals surface area contributed by atoms with Gasteiger partial charge in [-0.25, -0.2) is 4.39 Å². The van der Waals surface area contributed by atoms with Gasteiger partial charge in [0, 0.05) is 45.4 Å². The minimum atomic E-state index is -1.29. The Hall–Kier alpha value is -5.31. The van der Waals surface area contributed by atoms with Crippen molar-refractivity contribution in [2.45, 2.75) is 87.7 Å². The smallest absolute Gasteiger partial charge is 0.243 e. The normalized spacial score (nSPS) is 22.3. The van der Waals surface area contributed by atoms with E-state index >= 15 is 4.39 Å². The van der Waals surface area contributed by atoms with E-state index in [4.69, 9.17) is 28.9 Å². The fraction of sp³-hybridized carbons (Fsp3) is 0.348. The maximum Gasteiger partial charge on any atom is 0.243 e. The van der Waals surface area contributed by atoms with E-state index in [0.29, 0.717) is 58.8 Å². The molecule has 4 amide bonds. The molecule has 7 rings (SSSR count). The number of likely N-dealkylation sites (N-methyl/N-ethyl adjacent to an activating group) is 1. The van der Waals surface area contributed by atoms with Gasteiger partial charge in [0.2, 0.25) is 23.6 Å². The van der Waals surface area contributed by atoms with Crippen LogP contribution >= 0.6 is 23.2 Å². The predicted molar refractivity (Wildman–Crippen MR) is 238 cm³/mol. The Morgan fingerprint density at radius 2 is 1.70 bits per heavy atom. The van der Waals surface area contributed by atoms with E-state index in [9.17, 15) is 28.8 Å². The molecular formula is C46H53Cl2FN6O6. The Morgan fingerprint density at radius 3 is 2.30 bits per heavy atom. The fourth-order valence-electron chi connectivity index (χ4n) is 8.51. The first-order chi connectivity index (χ1) is 29.3. The largest absolute Gasteiger partial charge is 0.331 e. The summed E-state index contributed by atoms with van der Waals surface area (Å²) in [6, 6.07) is 15.3. The molecule has 3 aromatic rings. The van der Waals surface area contributed by atoms with Gasteiger partial charge < -0.3 is 21.7 Å². The summed E-state index contributed by atoms with van der Waals surface area (Å²) in [5.41, 5.74) is 5.82. The molecule has 1 saturated carbocycles. The Labute approximate surface area is 366 Å². The monoisotopic (exact) mass is 874 g/mol. The first-order valence-electron chi connectivity index (χ1n) is 20.1. The quantitative estimate of drug-likeness (QED) is 0.0595. The highest BCUT2D eigenvalue weighted by Gasteiger charge is 2.72. The van der Waals surface area contributed by atoms with Gasteiger partial charge in [-0.05, 0) is 93.4 Å². The Kier molecular flexibility index (Phi) is 17.8. The van der Waals surface area contributed by atoms with Crippen molar-refractivity contribution in [1.29, 1.82) is 0 Å². The number of amides is 4. The van der Waals surface area contributed by atoms with Gasteiger partial charge in [-0.2, -0.15) is 0 Å². The number of fused-ring (bicyclic) bond motifs is 3. The van der Waals surface area contributed by atoms with E-state index in [0.717, 1.165) is 38.4 Å². The molecule has 3 heterocycles. The number of aldehydes is 2. The lowest BCUT2D eigenvalue weighted by atomic mass is 9.55. The van der Waals surface area contributed by atoms with E-state index in [1.54, 1.807) is 73.8 Å². The molecule has 1 aliphatic carbocycles. The van der Waals surface area contributed by atoms with Crippen molar-refractivity contribution in [3.63, 3.8) is 0 Å². The second kappa shape index (κ2) is 22.5. The Morgan fingerprint density at radius 1 is 1.02 bits per heavy atom. The number of benzene rings is 3. The topological polar surface area (TPSA) is 189 Å². The molecule has 4 unspecified atom stereocenters. The van der Waals surface area contributed by atoms with E-state index in [-0.39, 0.29) is 34.3 Å². The van der Waals surface area contributed by atoms with Gasteiger partial charge in [-0.1, -0.05) is 98.5 Å². The van der Waals surface area contributed by atoms with Gasteiger partial charge in [-0.15, -0.1) is 0 Å². The molecule has 61 heavy (non-hydrogen) atoms. The highest BCUT2D eigenvalue weighted by Crippen LogP contribution is 2.62. The van der Waals surface area contributed by atoms with Gasteiger partial charge in [0.15, 0.2) is 0 Å². The number of nitrogens with one attached hydrogen (secondary N) is 5. The second-order valence-corrected chi connectivity index (χ2v) is 15.6. The van der Waals surface area contributed by atoms with Crippen LogP contribution in [-0.4, -0.2) is 67.4 Å². The maximum absolute atomic E-state index is 15.9. The number of imide groups is 1.